The molecule has 0 saturated carbocycles. The number of benzene rings is 1. The predicted molar refractivity (Wildman–Crippen MR) is 53.8 cm³/mol. The quantitative estimate of drug-likeness (QED) is 0.588. The summed E-state index contributed by atoms with van der Waals surface area (Å²) in [6.07, 6.45) is 2.93. The molecule has 0 aliphatic heterocycles. The smallest absolute Gasteiger partial charge is 0.330 e. The van der Waals surface area contributed by atoms with Crippen LogP contribution in [0.15, 0.2) is 30.3 Å². The van der Waals surface area contributed by atoms with Gasteiger partial charge in [0.25, 0.3) is 0 Å². The molecule has 0 saturated heterocycles. The lowest BCUT2D eigenvalue weighted by atomic mass is 10.2. The number of aromatic hydroxyl groups is 1. The fourth-order valence-corrected chi connectivity index (χ4v) is 0.983. The molecule has 0 aliphatic rings. The van der Waals surface area contributed by atoms with Crippen LogP contribution in [0.25, 0.3) is 6.08 Å². The molecule has 0 bridgehead atoms. The average molecular weight is 192 g/mol. The molecule has 0 fully saturated rings. The Kier molecular flexibility index (Phi) is 3.73. The Morgan fingerprint density at radius 2 is 2.36 bits per heavy atom. The number of hydrogen-bond donors (Lipinski definition) is 1. The van der Waals surface area contributed by atoms with E-state index >= 15 is 0 Å². The maximum atomic E-state index is 10.9. The summed E-state index contributed by atoms with van der Waals surface area (Å²) in [4.78, 5) is 10.9. The van der Waals surface area contributed by atoms with E-state index in [-0.39, 0.29) is 11.7 Å². The zero-order valence-corrected chi connectivity index (χ0v) is 7.93. The van der Waals surface area contributed by atoms with Crippen LogP contribution >= 0.6 is 0 Å². The molecule has 0 unspecified atom stereocenters. The molecule has 0 aromatic heterocycles. The van der Waals surface area contributed by atoms with Gasteiger partial charge in [-0.3, -0.25) is 0 Å². The van der Waals surface area contributed by atoms with Crippen molar-refractivity contribution in [1.29, 1.82) is 0 Å². The summed E-state index contributed by atoms with van der Waals surface area (Å²) in [5, 5.41) is 9.13. The number of rotatable bonds is 3. The third-order valence-corrected chi connectivity index (χ3v) is 1.57. The van der Waals surface area contributed by atoms with Gasteiger partial charge in [-0.15, -0.1) is 0 Å². The van der Waals surface area contributed by atoms with Gasteiger partial charge in [-0.2, -0.15) is 0 Å². The normalized spacial score (nSPS) is 10.4. The highest BCUT2D eigenvalue weighted by Crippen LogP contribution is 2.11. The van der Waals surface area contributed by atoms with Crippen LogP contribution in [-0.2, 0) is 9.53 Å². The maximum absolute atomic E-state index is 10.9. The van der Waals surface area contributed by atoms with Crippen molar-refractivity contribution in [2.75, 3.05) is 6.61 Å². The molecule has 0 atom stereocenters. The predicted octanol–water partition coefficient (Wildman–Crippen LogP) is 1.97. The van der Waals surface area contributed by atoms with Crippen molar-refractivity contribution < 1.29 is 14.6 Å². The first-order chi connectivity index (χ1) is 6.72. The Morgan fingerprint density at radius 1 is 1.57 bits per heavy atom. The zero-order chi connectivity index (χ0) is 10.4. The lowest BCUT2D eigenvalue weighted by Crippen LogP contribution is -1.98. The molecule has 1 aromatic carbocycles. The number of phenols is 1. The number of ether oxygens (including phenoxy) is 1. The van der Waals surface area contributed by atoms with Crippen LogP contribution in [0.2, 0.25) is 0 Å². The lowest BCUT2D eigenvalue weighted by molar-refractivity contribution is -0.137. The molecule has 0 spiro atoms. The fourth-order valence-electron chi connectivity index (χ4n) is 0.983. The minimum atomic E-state index is -0.379. The van der Waals surface area contributed by atoms with Crippen LogP contribution < -0.4 is 0 Å². The number of carbonyl (C=O) groups excluding carboxylic acids is 1. The average Bonchev–Trinajstić information content (AvgIpc) is 2.15. The van der Waals surface area contributed by atoms with E-state index < -0.39 is 0 Å². The fraction of sp³-hybridized carbons (Fsp3) is 0.182. The van der Waals surface area contributed by atoms with Gasteiger partial charge in [0.1, 0.15) is 5.75 Å². The van der Waals surface area contributed by atoms with E-state index in [4.69, 9.17) is 9.84 Å². The molecule has 1 N–H and O–H groups in total. The molecule has 3 nitrogen and oxygen atoms in total. The molecule has 3 heteroatoms. The van der Waals surface area contributed by atoms with E-state index in [2.05, 4.69) is 0 Å². The molecule has 0 aliphatic carbocycles. The van der Waals surface area contributed by atoms with Gasteiger partial charge in [-0.1, -0.05) is 12.1 Å². The third kappa shape index (κ3) is 3.31. The van der Waals surface area contributed by atoms with E-state index in [9.17, 15) is 4.79 Å². The Hall–Kier alpha value is -1.77. The lowest BCUT2D eigenvalue weighted by Gasteiger charge is -1.96. The van der Waals surface area contributed by atoms with Crippen molar-refractivity contribution in [3.63, 3.8) is 0 Å². The molecule has 0 heterocycles. The van der Waals surface area contributed by atoms with Gasteiger partial charge in [0.2, 0.25) is 0 Å². The molecular formula is C11H12O3. The van der Waals surface area contributed by atoms with Gasteiger partial charge in [0.15, 0.2) is 0 Å². The Bertz CT molecular complexity index is 342. The standard InChI is InChI=1S/C11H12O3/c1-2-14-11(13)7-6-9-4-3-5-10(12)8-9/h3-8,12H,2H2,1H3/b7-6-. The van der Waals surface area contributed by atoms with Gasteiger partial charge in [-0.25, -0.2) is 4.79 Å². The first kappa shape index (κ1) is 10.3. The highest BCUT2D eigenvalue weighted by Gasteiger charge is 1.94. The van der Waals surface area contributed by atoms with Crippen LogP contribution in [0.4, 0.5) is 0 Å². The number of phenolic OH excluding ortho intramolecular Hbond substituents is 1. The van der Waals surface area contributed by atoms with Crippen molar-refractivity contribution in [2.24, 2.45) is 0 Å². The van der Waals surface area contributed by atoms with Crippen LogP contribution in [0.5, 0.6) is 5.75 Å². The van der Waals surface area contributed by atoms with Crippen LogP contribution in [0.3, 0.4) is 0 Å². The molecular weight excluding hydrogens is 180 g/mol. The number of carbonyl (C=O) groups is 1. The molecule has 1 rings (SSSR count). The summed E-state index contributed by atoms with van der Waals surface area (Å²) in [6.45, 7) is 2.11. The maximum Gasteiger partial charge on any atom is 0.330 e. The minimum Gasteiger partial charge on any atom is -0.508 e. The zero-order valence-electron chi connectivity index (χ0n) is 7.93. The Balaban J connectivity index is 2.64. The molecule has 1 aromatic rings. The summed E-state index contributed by atoms with van der Waals surface area (Å²) in [5.41, 5.74) is 0.762. The highest BCUT2D eigenvalue weighted by molar-refractivity contribution is 5.87. The summed E-state index contributed by atoms with van der Waals surface area (Å²) in [6, 6.07) is 6.63. The number of hydrogen-bond acceptors (Lipinski definition) is 3. The van der Waals surface area contributed by atoms with E-state index in [1.165, 1.54) is 6.08 Å². The summed E-state index contributed by atoms with van der Waals surface area (Å²) < 4.78 is 4.71. The van der Waals surface area contributed by atoms with Crippen molar-refractivity contribution in [2.45, 2.75) is 6.92 Å². The van der Waals surface area contributed by atoms with Crippen molar-refractivity contribution in [3.05, 3.63) is 35.9 Å². The first-order valence-electron chi connectivity index (χ1n) is 4.36. The third-order valence-electron chi connectivity index (χ3n) is 1.57. The monoisotopic (exact) mass is 192 g/mol. The summed E-state index contributed by atoms with van der Waals surface area (Å²) in [7, 11) is 0. The van der Waals surface area contributed by atoms with Gasteiger partial charge in [-0.05, 0) is 30.7 Å². The summed E-state index contributed by atoms with van der Waals surface area (Å²) >= 11 is 0. The topological polar surface area (TPSA) is 46.5 Å². The van der Waals surface area contributed by atoms with E-state index in [1.54, 1.807) is 37.3 Å². The van der Waals surface area contributed by atoms with Crippen molar-refractivity contribution in [3.8, 4) is 5.75 Å². The highest BCUT2D eigenvalue weighted by atomic mass is 16.5. The second-order valence-corrected chi connectivity index (χ2v) is 2.68. The summed E-state index contributed by atoms with van der Waals surface area (Å²) in [5.74, 6) is -0.202. The molecule has 0 amide bonds. The largest absolute Gasteiger partial charge is 0.508 e. The minimum absolute atomic E-state index is 0.177. The van der Waals surface area contributed by atoms with Crippen molar-refractivity contribution in [1.82, 2.24) is 0 Å². The number of esters is 1. The van der Waals surface area contributed by atoms with E-state index in [0.29, 0.717) is 6.61 Å². The Morgan fingerprint density at radius 3 is 3.00 bits per heavy atom. The van der Waals surface area contributed by atoms with Crippen LogP contribution in [0, 0.1) is 0 Å². The van der Waals surface area contributed by atoms with Crippen LogP contribution in [-0.4, -0.2) is 17.7 Å². The molecule has 14 heavy (non-hydrogen) atoms. The van der Waals surface area contributed by atoms with Gasteiger partial charge < -0.3 is 9.84 Å². The van der Waals surface area contributed by atoms with Gasteiger partial charge in [0.05, 0.1) is 6.61 Å². The SMILES string of the molecule is CCOC(=O)/C=C\c1cccc(O)c1. The Labute approximate surface area is 82.6 Å². The second-order valence-electron chi connectivity index (χ2n) is 2.68. The molecule has 0 radical (unpaired) electrons. The van der Waals surface area contributed by atoms with Gasteiger partial charge >= 0.3 is 5.97 Å². The van der Waals surface area contributed by atoms with E-state index in [0.717, 1.165) is 5.56 Å². The van der Waals surface area contributed by atoms with E-state index in [1.807, 2.05) is 0 Å². The van der Waals surface area contributed by atoms with Gasteiger partial charge in [0, 0.05) is 6.08 Å². The second kappa shape index (κ2) is 5.07. The van der Waals surface area contributed by atoms with Crippen molar-refractivity contribution >= 4 is 12.0 Å². The van der Waals surface area contributed by atoms with Crippen LogP contribution in [0.1, 0.15) is 12.5 Å². The molecule has 74 valence electrons. The first-order valence-corrected chi connectivity index (χ1v) is 4.36.